The lowest BCUT2D eigenvalue weighted by molar-refractivity contribution is 0.296. The number of aromatic nitrogens is 1. The molecule has 12 heteroatoms. The van der Waals surface area contributed by atoms with Gasteiger partial charge in [-0.15, -0.1) is 0 Å². The van der Waals surface area contributed by atoms with Gasteiger partial charge in [0.2, 0.25) is 5.96 Å². The van der Waals surface area contributed by atoms with Crippen LogP contribution in [-0.2, 0) is 6.61 Å². The Hall–Kier alpha value is -4.25. The molecular weight excluding hydrogens is 482 g/mol. The van der Waals surface area contributed by atoms with E-state index in [1.54, 1.807) is 30.5 Å². The van der Waals surface area contributed by atoms with Gasteiger partial charge in [-0.05, 0) is 30.3 Å². The topological polar surface area (TPSA) is 158 Å². The number of nitrogens with one attached hydrogen (secondary N) is 2. The molecule has 9 nitrogen and oxygen atoms in total. The number of halogens is 3. The summed E-state index contributed by atoms with van der Waals surface area (Å²) in [5.74, 6) is -0.0263. The van der Waals surface area contributed by atoms with Crippen LogP contribution in [0.3, 0.4) is 0 Å². The molecule has 1 unspecified atom stereocenters. The molecule has 3 aromatic rings. The molecule has 6 N–H and O–H groups in total. The SMILES string of the molecule is N#CNC1=NC(c2cc(Cl)ccc2OCc2c(F)cccc2Cl)c2c(nc(N)c(C#N)c2N)N1. The summed E-state index contributed by atoms with van der Waals surface area (Å²) in [6.07, 6.45) is 1.78. The molecular formula is C22H15Cl2FN8O. The molecule has 2 aromatic carbocycles. The molecule has 0 fully saturated rings. The fourth-order valence-electron chi connectivity index (χ4n) is 3.49. The van der Waals surface area contributed by atoms with Crippen LogP contribution in [0.4, 0.5) is 21.7 Å². The molecule has 1 aromatic heterocycles. The van der Waals surface area contributed by atoms with Gasteiger partial charge in [0.05, 0.1) is 10.7 Å². The van der Waals surface area contributed by atoms with Crippen LogP contribution < -0.4 is 26.8 Å². The Labute approximate surface area is 203 Å². The first kappa shape index (κ1) is 22.9. The van der Waals surface area contributed by atoms with Crippen molar-refractivity contribution in [1.82, 2.24) is 10.3 Å². The molecule has 1 aliphatic heterocycles. The molecule has 0 spiro atoms. The number of hydrogen-bond donors (Lipinski definition) is 4. The molecule has 34 heavy (non-hydrogen) atoms. The number of aliphatic imine (C=N–C) groups is 1. The van der Waals surface area contributed by atoms with Crippen LogP contribution in [-0.4, -0.2) is 10.9 Å². The lowest BCUT2D eigenvalue weighted by Gasteiger charge is -2.27. The molecule has 0 bridgehead atoms. The minimum atomic E-state index is -0.892. The number of nitrogens with zero attached hydrogens (tertiary/aromatic N) is 4. The number of pyridine rings is 1. The van der Waals surface area contributed by atoms with E-state index in [9.17, 15) is 9.65 Å². The Kier molecular flexibility index (Phi) is 6.28. The van der Waals surface area contributed by atoms with E-state index in [2.05, 4.69) is 20.6 Å². The van der Waals surface area contributed by atoms with Crippen LogP contribution in [0.2, 0.25) is 10.0 Å². The van der Waals surface area contributed by atoms with E-state index < -0.39 is 11.9 Å². The number of guanidine groups is 1. The Morgan fingerprint density at radius 2 is 2.00 bits per heavy atom. The lowest BCUT2D eigenvalue weighted by Crippen LogP contribution is -2.33. The first-order valence-electron chi connectivity index (χ1n) is 9.68. The Morgan fingerprint density at radius 3 is 2.71 bits per heavy atom. The van der Waals surface area contributed by atoms with Crippen LogP contribution in [0.25, 0.3) is 0 Å². The summed E-state index contributed by atoms with van der Waals surface area (Å²) in [6, 6.07) is 10.1. The van der Waals surface area contributed by atoms with Crippen LogP contribution in [0.15, 0.2) is 41.4 Å². The van der Waals surface area contributed by atoms with Gasteiger partial charge in [-0.25, -0.2) is 14.4 Å². The minimum absolute atomic E-state index is 0.0138. The van der Waals surface area contributed by atoms with Crippen LogP contribution >= 0.6 is 23.2 Å². The van der Waals surface area contributed by atoms with Gasteiger partial charge in [0.1, 0.15) is 47.5 Å². The van der Waals surface area contributed by atoms with Crippen molar-refractivity contribution in [3.63, 3.8) is 0 Å². The maximum Gasteiger partial charge on any atom is 0.211 e. The number of anilines is 3. The fourth-order valence-corrected chi connectivity index (χ4v) is 3.89. The quantitative estimate of drug-likeness (QED) is 0.310. The van der Waals surface area contributed by atoms with Gasteiger partial charge in [0.25, 0.3) is 0 Å². The molecule has 1 aliphatic rings. The highest BCUT2D eigenvalue weighted by atomic mass is 35.5. The highest BCUT2D eigenvalue weighted by Crippen LogP contribution is 2.44. The molecule has 0 saturated carbocycles. The van der Waals surface area contributed by atoms with Crippen LogP contribution in [0, 0.1) is 28.6 Å². The molecule has 170 valence electrons. The lowest BCUT2D eigenvalue weighted by atomic mass is 9.94. The number of rotatable bonds is 4. The predicted molar refractivity (Wildman–Crippen MR) is 127 cm³/mol. The van der Waals surface area contributed by atoms with Crippen molar-refractivity contribution in [2.24, 2.45) is 4.99 Å². The van der Waals surface area contributed by atoms with E-state index in [1.165, 1.54) is 12.1 Å². The normalized spacial score (nSPS) is 14.1. The maximum absolute atomic E-state index is 14.3. The summed E-state index contributed by atoms with van der Waals surface area (Å²) < 4.78 is 20.2. The van der Waals surface area contributed by atoms with Gasteiger partial charge in [-0.1, -0.05) is 29.3 Å². The Bertz CT molecular complexity index is 1390. The van der Waals surface area contributed by atoms with Crippen molar-refractivity contribution < 1.29 is 9.13 Å². The van der Waals surface area contributed by atoms with Gasteiger partial charge >= 0.3 is 0 Å². The molecule has 4 rings (SSSR count). The largest absolute Gasteiger partial charge is 0.488 e. The fraction of sp³-hybridized carbons (Fsp3) is 0.0909. The third-order valence-electron chi connectivity index (χ3n) is 5.06. The number of nitrogen functional groups attached to an aromatic ring is 2. The van der Waals surface area contributed by atoms with Crippen molar-refractivity contribution in [3.05, 3.63) is 74.5 Å². The second kappa shape index (κ2) is 9.32. The summed E-state index contributed by atoms with van der Waals surface area (Å²) in [5, 5.41) is 24.4. The smallest absolute Gasteiger partial charge is 0.211 e. The minimum Gasteiger partial charge on any atom is -0.488 e. The monoisotopic (exact) mass is 496 g/mol. The van der Waals surface area contributed by atoms with Crippen molar-refractivity contribution in [3.8, 4) is 18.0 Å². The standard InChI is InChI=1S/C22H15Cl2FN8O/c23-10-4-5-16(34-8-13-14(24)2-1-3-15(13)25)11(6-10)19-17-18(28)12(7-26)20(29)32-21(17)33-22(31-19)30-9-27/h1-6,19H,8H2,(H6,28,29,30,31,32,33). The maximum atomic E-state index is 14.3. The van der Waals surface area contributed by atoms with Gasteiger partial charge in [-0.3, -0.25) is 5.32 Å². The molecule has 0 aliphatic carbocycles. The second-order valence-corrected chi connectivity index (χ2v) is 7.92. The van der Waals surface area contributed by atoms with E-state index in [0.717, 1.165) is 0 Å². The Balaban J connectivity index is 1.85. The zero-order valence-electron chi connectivity index (χ0n) is 17.2. The van der Waals surface area contributed by atoms with E-state index >= 15 is 0 Å². The molecule has 0 amide bonds. The second-order valence-electron chi connectivity index (χ2n) is 7.07. The molecule has 0 radical (unpaired) electrons. The van der Waals surface area contributed by atoms with E-state index in [4.69, 9.17) is 44.7 Å². The van der Waals surface area contributed by atoms with Gasteiger partial charge in [0, 0.05) is 21.7 Å². The third kappa shape index (κ3) is 4.20. The van der Waals surface area contributed by atoms with E-state index in [0.29, 0.717) is 21.9 Å². The number of nitrogens with two attached hydrogens (primary N) is 2. The molecule has 2 heterocycles. The van der Waals surface area contributed by atoms with Gasteiger partial charge in [0.15, 0.2) is 6.19 Å². The number of ether oxygens (including phenoxy) is 1. The highest BCUT2D eigenvalue weighted by molar-refractivity contribution is 6.31. The van der Waals surface area contributed by atoms with Crippen molar-refractivity contribution in [2.45, 2.75) is 12.6 Å². The van der Waals surface area contributed by atoms with Crippen molar-refractivity contribution in [1.29, 1.82) is 10.5 Å². The molecule has 0 saturated heterocycles. The van der Waals surface area contributed by atoms with Gasteiger partial charge < -0.3 is 21.5 Å². The van der Waals surface area contributed by atoms with Crippen LogP contribution in [0.5, 0.6) is 5.75 Å². The number of nitriles is 2. The first-order valence-corrected chi connectivity index (χ1v) is 10.4. The zero-order valence-corrected chi connectivity index (χ0v) is 18.7. The highest BCUT2D eigenvalue weighted by Gasteiger charge is 2.31. The zero-order chi connectivity index (χ0) is 24.4. The summed E-state index contributed by atoms with van der Waals surface area (Å²) in [4.78, 5) is 8.72. The van der Waals surface area contributed by atoms with Crippen molar-refractivity contribution in [2.75, 3.05) is 16.8 Å². The summed E-state index contributed by atoms with van der Waals surface area (Å²) in [5.41, 5.74) is 13.1. The average molecular weight is 497 g/mol. The summed E-state index contributed by atoms with van der Waals surface area (Å²) in [7, 11) is 0. The van der Waals surface area contributed by atoms with E-state index in [1.807, 2.05) is 6.07 Å². The van der Waals surface area contributed by atoms with Crippen LogP contribution in [0.1, 0.15) is 28.3 Å². The summed E-state index contributed by atoms with van der Waals surface area (Å²) >= 11 is 12.4. The van der Waals surface area contributed by atoms with Crippen molar-refractivity contribution >= 4 is 46.5 Å². The Morgan fingerprint density at radius 1 is 1.21 bits per heavy atom. The average Bonchev–Trinajstić information content (AvgIpc) is 2.79. The first-order chi connectivity index (χ1) is 16.3. The van der Waals surface area contributed by atoms with E-state index in [-0.39, 0.29) is 46.0 Å². The molecule has 1 atom stereocenters. The van der Waals surface area contributed by atoms with Gasteiger partial charge in [-0.2, -0.15) is 10.5 Å². The number of benzene rings is 2. The summed E-state index contributed by atoms with van der Waals surface area (Å²) in [6.45, 7) is -0.177. The third-order valence-corrected chi connectivity index (χ3v) is 5.65. The predicted octanol–water partition coefficient (Wildman–Crippen LogP) is 4.08. The number of hydrogen-bond acceptors (Lipinski definition) is 9. The number of fused-ring (bicyclic) bond motifs is 1.